The predicted molar refractivity (Wildman–Crippen MR) is 122 cm³/mol. The van der Waals surface area contributed by atoms with Gasteiger partial charge in [-0.2, -0.15) is 0 Å². The van der Waals surface area contributed by atoms with Crippen molar-refractivity contribution in [3.05, 3.63) is 59.7 Å². The third-order valence-electron chi connectivity index (χ3n) is 4.08. The highest BCUT2D eigenvalue weighted by Crippen LogP contribution is 2.42. The minimum absolute atomic E-state index is 0.0125. The highest BCUT2D eigenvalue weighted by molar-refractivity contribution is 8.08. The van der Waals surface area contributed by atoms with Crippen molar-refractivity contribution < 1.29 is 19.3 Å². The molecule has 0 bridgehead atoms. The number of benzene rings is 2. The van der Waals surface area contributed by atoms with Crippen LogP contribution in [0.1, 0.15) is 29.8 Å². The van der Waals surface area contributed by atoms with Gasteiger partial charge >= 0.3 is 5.97 Å². The Hall–Kier alpha value is -1.70. The summed E-state index contributed by atoms with van der Waals surface area (Å²) in [6.07, 6.45) is 1.31. The Morgan fingerprint density at radius 2 is 1.86 bits per heavy atom. The van der Waals surface area contributed by atoms with Gasteiger partial charge in [-0.3, -0.25) is 4.67 Å². The van der Waals surface area contributed by atoms with Crippen LogP contribution in [-0.2, 0) is 16.5 Å². The van der Waals surface area contributed by atoms with Crippen LogP contribution in [0.2, 0.25) is 0 Å². The van der Waals surface area contributed by atoms with E-state index in [1.54, 1.807) is 37.7 Å². The lowest BCUT2D eigenvalue weighted by Gasteiger charge is -2.30. The Labute approximate surface area is 180 Å². The molecule has 0 radical (unpaired) electrons. The number of carbonyl (C=O) groups excluding carboxylic acids is 1. The van der Waals surface area contributed by atoms with Crippen molar-refractivity contribution in [2.45, 2.75) is 31.8 Å². The van der Waals surface area contributed by atoms with Crippen LogP contribution in [0.15, 0.2) is 58.4 Å². The number of esters is 1. The molecule has 2 aromatic rings. The zero-order valence-electron chi connectivity index (χ0n) is 16.8. The summed E-state index contributed by atoms with van der Waals surface area (Å²) < 4.78 is 6.69. The van der Waals surface area contributed by atoms with Crippen molar-refractivity contribution in [1.29, 1.82) is 0 Å². The number of carbonyl (C=O) groups is 1. The number of ether oxygens (including phenoxy) is 1. The molecule has 156 valence electrons. The monoisotopic (exact) mass is 452 g/mol. The molecular formula is C20H25N2O4PS2. The largest absolute Gasteiger partial charge is 0.457 e. The fourth-order valence-corrected chi connectivity index (χ4v) is 4.56. The standard InChI is InChI=1S/C20H25N2O4PS2/c1-14-9-11-17(12-10-14)20(23)26-15(2)13-22(27(24,25)28)16(3)21-18-7-5-6-8-19(18)29-4/h5-12,15H,13H2,1-4H3,(H2,24,25,28). The summed E-state index contributed by atoms with van der Waals surface area (Å²) in [5, 5.41) is 0. The first-order valence-electron chi connectivity index (χ1n) is 8.91. The topological polar surface area (TPSA) is 82.4 Å². The molecular weight excluding hydrogens is 427 g/mol. The smallest absolute Gasteiger partial charge is 0.338 e. The zero-order chi connectivity index (χ0) is 21.6. The van der Waals surface area contributed by atoms with E-state index in [1.165, 1.54) is 4.67 Å². The number of aliphatic imine (C=N–C) groups is 1. The average molecular weight is 453 g/mol. The number of nitrogens with zero attached hydrogens (tertiary/aromatic N) is 2. The second kappa shape index (κ2) is 10.4. The molecule has 0 amide bonds. The molecule has 1 unspecified atom stereocenters. The molecule has 2 rings (SSSR count). The van der Waals surface area contributed by atoms with Gasteiger partial charge in [0.2, 0.25) is 0 Å². The third-order valence-corrected chi connectivity index (χ3v) is 6.54. The molecule has 1 atom stereocenters. The molecule has 0 aliphatic rings. The van der Waals surface area contributed by atoms with Crippen molar-refractivity contribution in [3.8, 4) is 0 Å². The minimum atomic E-state index is -3.83. The summed E-state index contributed by atoms with van der Waals surface area (Å²) >= 11 is 6.46. The number of hydrogen-bond donors (Lipinski definition) is 2. The molecule has 0 spiro atoms. The van der Waals surface area contributed by atoms with E-state index < -0.39 is 18.7 Å². The van der Waals surface area contributed by atoms with Crippen LogP contribution in [-0.4, -0.2) is 45.2 Å². The van der Waals surface area contributed by atoms with Gasteiger partial charge in [-0.05, 0) is 63.1 Å². The highest BCUT2D eigenvalue weighted by atomic mass is 32.5. The zero-order valence-corrected chi connectivity index (χ0v) is 19.3. The molecule has 0 aliphatic heterocycles. The maximum atomic E-state index is 12.3. The van der Waals surface area contributed by atoms with Gasteiger partial charge in [-0.1, -0.05) is 29.8 Å². The van der Waals surface area contributed by atoms with E-state index >= 15 is 0 Å². The lowest BCUT2D eigenvalue weighted by molar-refractivity contribution is 0.0320. The summed E-state index contributed by atoms with van der Waals surface area (Å²) in [5.74, 6) is -0.137. The second-order valence-electron chi connectivity index (χ2n) is 6.51. The van der Waals surface area contributed by atoms with Gasteiger partial charge in [-0.15, -0.1) is 11.8 Å². The lowest BCUT2D eigenvalue weighted by atomic mass is 10.1. The molecule has 0 saturated carbocycles. The van der Waals surface area contributed by atoms with Gasteiger partial charge in [-0.25, -0.2) is 9.79 Å². The van der Waals surface area contributed by atoms with Crippen LogP contribution in [0, 0.1) is 6.92 Å². The summed E-state index contributed by atoms with van der Waals surface area (Å²) in [4.78, 5) is 38.1. The van der Waals surface area contributed by atoms with Crippen LogP contribution in [0.25, 0.3) is 0 Å². The molecule has 2 N–H and O–H groups in total. The van der Waals surface area contributed by atoms with Crippen molar-refractivity contribution in [1.82, 2.24) is 4.67 Å². The number of amidine groups is 1. The van der Waals surface area contributed by atoms with Gasteiger partial charge < -0.3 is 14.5 Å². The Balaban J connectivity index is 2.18. The Bertz CT molecular complexity index is 928. The number of thioether (sulfide) groups is 1. The Morgan fingerprint density at radius 3 is 2.45 bits per heavy atom. The molecule has 0 saturated heterocycles. The predicted octanol–water partition coefficient (Wildman–Crippen LogP) is 4.52. The van der Waals surface area contributed by atoms with Gasteiger partial charge in [0.15, 0.2) is 0 Å². The first-order valence-corrected chi connectivity index (χ1v) is 12.8. The van der Waals surface area contributed by atoms with Crippen molar-refractivity contribution in [3.63, 3.8) is 0 Å². The number of hydrogen-bond acceptors (Lipinski definition) is 5. The van der Waals surface area contributed by atoms with E-state index in [4.69, 9.17) is 16.5 Å². The molecule has 6 nitrogen and oxygen atoms in total. The quantitative estimate of drug-likeness (QED) is 0.210. The van der Waals surface area contributed by atoms with Crippen molar-refractivity contribution in [2.24, 2.45) is 4.99 Å². The van der Waals surface area contributed by atoms with Crippen LogP contribution in [0.4, 0.5) is 5.69 Å². The number of rotatable bonds is 7. The van der Waals surface area contributed by atoms with E-state index in [-0.39, 0.29) is 6.54 Å². The fourth-order valence-electron chi connectivity index (χ4n) is 2.60. The lowest BCUT2D eigenvalue weighted by Crippen LogP contribution is -2.34. The van der Waals surface area contributed by atoms with Gasteiger partial charge in [0.1, 0.15) is 11.9 Å². The fraction of sp³-hybridized carbons (Fsp3) is 0.300. The summed E-state index contributed by atoms with van der Waals surface area (Å²) in [7, 11) is 0. The second-order valence-corrected chi connectivity index (χ2v) is 10.3. The maximum Gasteiger partial charge on any atom is 0.338 e. The number of para-hydroxylation sites is 1. The first kappa shape index (κ1) is 23.6. The van der Waals surface area contributed by atoms with Gasteiger partial charge in [0.25, 0.3) is 6.64 Å². The summed E-state index contributed by atoms with van der Waals surface area (Å²) in [5.41, 5.74) is 2.18. The van der Waals surface area contributed by atoms with Crippen LogP contribution in [0.3, 0.4) is 0 Å². The highest BCUT2D eigenvalue weighted by Gasteiger charge is 2.26. The summed E-state index contributed by atoms with van der Waals surface area (Å²) in [6.45, 7) is 1.44. The van der Waals surface area contributed by atoms with Crippen LogP contribution >= 0.6 is 18.4 Å². The van der Waals surface area contributed by atoms with E-state index in [1.807, 2.05) is 49.6 Å². The average Bonchev–Trinajstić information content (AvgIpc) is 2.66. The third kappa shape index (κ3) is 6.94. The van der Waals surface area contributed by atoms with E-state index in [0.717, 1.165) is 10.5 Å². The van der Waals surface area contributed by atoms with Gasteiger partial charge in [0, 0.05) is 4.90 Å². The van der Waals surface area contributed by atoms with Crippen LogP contribution < -0.4 is 0 Å². The van der Waals surface area contributed by atoms with E-state index in [9.17, 15) is 14.6 Å². The molecule has 0 fully saturated rings. The molecule has 9 heteroatoms. The Morgan fingerprint density at radius 1 is 1.24 bits per heavy atom. The van der Waals surface area contributed by atoms with E-state index in [2.05, 4.69) is 4.99 Å². The maximum absolute atomic E-state index is 12.3. The first-order chi connectivity index (χ1) is 13.6. The molecule has 0 heterocycles. The molecule has 29 heavy (non-hydrogen) atoms. The van der Waals surface area contributed by atoms with Crippen LogP contribution in [0.5, 0.6) is 0 Å². The van der Waals surface area contributed by atoms with E-state index in [0.29, 0.717) is 17.1 Å². The van der Waals surface area contributed by atoms with Gasteiger partial charge in [0.05, 0.1) is 17.8 Å². The normalized spacial score (nSPS) is 13.1. The molecule has 0 aromatic heterocycles. The molecule has 0 aliphatic carbocycles. The Kier molecular flexibility index (Phi) is 8.43. The van der Waals surface area contributed by atoms with Crippen molar-refractivity contribution in [2.75, 3.05) is 12.8 Å². The molecule has 2 aromatic carbocycles. The summed E-state index contributed by atoms with van der Waals surface area (Å²) in [6, 6.07) is 14.6. The van der Waals surface area contributed by atoms with Crippen molar-refractivity contribution >= 4 is 47.7 Å². The number of aryl methyl sites for hydroxylation is 1. The SMILES string of the molecule is CSc1ccccc1N=C(C)N(CC(C)OC(=O)c1ccc(C)cc1)P(O)(O)=S. The minimum Gasteiger partial charge on any atom is -0.457 e.